The zero-order chi connectivity index (χ0) is 24.8. The van der Waals surface area contributed by atoms with Crippen LogP contribution in [0.4, 0.5) is 0 Å². The average molecular weight is 481 g/mol. The summed E-state index contributed by atoms with van der Waals surface area (Å²) < 4.78 is 5.99. The maximum Gasteiger partial charge on any atom is 0.226 e. The zero-order valence-electron chi connectivity index (χ0n) is 22.2. The second-order valence-electron chi connectivity index (χ2n) is 11.0. The largest absolute Gasteiger partial charge is 0.441 e. The van der Waals surface area contributed by atoms with Crippen LogP contribution in [-0.4, -0.2) is 60.0 Å². The van der Waals surface area contributed by atoms with Crippen LogP contribution in [0.3, 0.4) is 0 Å². The van der Waals surface area contributed by atoms with E-state index in [2.05, 4.69) is 48.0 Å². The Hall–Kier alpha value is -2.18. The molecule has 1 atom stereocenters. The van der Waals surface area contributed by atoms with Gasteiger partial charge in [0.15, 0.2) is 0 Å². The molecular weight excluding hydrogens is 436 g/mol. The van der Waals surface area contributed by atoms with Crippen LogP contribution in [0.2, 0.25) is 0 Å². The third-order valence-corrected chi connectivity index (χ3v) is 8.04. The van der Waals surface area contributed by atoms with E-state index in [1.54, 1.807) is 0 Å². The lowest BCUT2D eigenvalue weighted by Crippen LogP contribution is -2.41. The first-order valence-electron chi connectivity index (χ1n) is 13.7. The first-order valence-corrected chi connectivity index (χ1v) is 13.7. The number of benzene rings is 1. The lowest BCUT2D eigenvalue weighted by molar-refractivity contribution is -0.126. The van der Waals surface area contributed by atoms with Crippen LogP contribution >= 0.6 is 0 Å². The van der Waals surface area contributed by atoms with E-state index >= 15 is 0 Å². The van der Waals surface area contributed by atoms with Gasteiger partial charge in [0.2, 0.25) is 11.8 Å². The summed E-state index contributed by atoms with van der Waals surface area (Å²) in [5, 5.41) is 3.21. The molecule has 2 aliphatic rings. The molecule has 1 unspecified atom stereocenters. The lowest BCUT2D eigenvalue weighted by atomic mass is 9.88. The van der Waals surface area contributed by atoms with Gasteiger partial charge in [-0.25, -0.2) is 4.98 Å². The number of hydrogen-bond donors (Lipinski definition) is 1. The molecule has 3 heterocycles. The Kier molecular flexibility index (Phi) is 9.01. The minimum Gasteiger partial charge on any atom is -0.441 e. The number of amides is 1. The molecule has 192 valence electrons. The summed E-state index contributed by atoms with van der Waals surface area (Å²) in [6.07, 6.45) is 5.55. The summed E-state index contributed by atoms with van der Waals surface area (Å²) in [5.41, 5.74) is 3.23. The molecule has 2 fully saturated rings. The maximum atomic E-state index is 12.7. The smallest absolute Gasteiger partial charge is 0.226 e. The Morgan fingerprint density at radius 3 is 2.63 bits per heavy atom. The van der Waals surface area contributed by atoms with Crippen molar-refractivity contribution in [2.45, 2.75) is 66.3 Å². The molecule has 4 rings (SSSR count). The number of nitrogens with one attached hydrogen (secondary N) is 1. The predicted octanol–water partition coefficient (Wildman–Crippen LogP) is 5.04. The van der Waals surface area contributed by atoms with Crippen molar-refractivity contribution >= 4 is 5.91 Å². The molecule has 35 heavy (non-hydrogen) atoms. The third kappa shape index (κ3) is 6.95. The van der Waals surface area contributed by atoms with Crippen LogP contribution in [0.1, 0.15) is 63.0 Å². The van der Waals surface area contributed by atoms with Crippen LogP contribution in [-0.2, 0) is 11.3 Å². The van der Waals surface area contributed by atoms with Crippen LogP contribution in [0.5, 0.6) is 0 Å². The second kappa shape index (κ2) is 12.2. The van der Waals surface area contributed by atoms with Gasteiger partial charge in [0.05, 0.1) is 5.69 Å². The van der Waals surface area contributed by atoms with E-state index in [9.17, 15) is 4.79 Å². The van der Waals surface area contributed by atoms with Crippen molar-refractivity contribution in [2.75, 3.05) is 39.3 Å². The van der Waals surface area contributed by atoms with Gasteiger partial charge in [-0.1, -0.05) is 32.0 Å². The zero-order valence-corrected chi connectivity index (χ0v) is 22.2. The number of oxazole rings is 1. The number of hydrogen-bond acceptors (Lipinski definition) is 5. The van der Waals surface area contributed by atoms with Crippen LogP contribution in [0.25, 0.3) is 11.5 Å². The van der Waals surface area contributed by atoms with Gasteiger partial charge < -0.3 is 14.6 Å². The Morgan fingerprint density at radius 1 is 1.11 bits per heavy atom. The Bertz CT molecular complexity index is 961. The third-order valence-electron chi connectivity index (χ3n) is 8.04. The van der Waals surface area contributed by atoms with E-state index in [4.69, 9.17) is 9.40 Å². The van der Waals surface area contributed by atoms with Crippen molar-refractivity contribution in [3.63, 3.8) is 0 Å². The highest BCUT2D eigenvalue weighted by Gasteiger charge is 2.26. The van der Waals surface area contributed by atoms with Gasteiger partial charge in [-0.2, -0.15) is 0 Å². The van der Waals surface area contributed by atoms with Gasteiger partial charge in [0.25, 0.3) is 0 Å². The second-order valence-corrected chi connectivity index (χ2v) is 11.0. The summed E-state index contributed by atoms with van der Waals surface area (Å²) in [4.78, 5) is 22.5. The van der Waals surface area contributed by atoms with Crippen LogP contribution < -0.4 is 5.32 Å². The number of piperidine rings is 2. The molecule has 0 bridgehead atoms. The number of aromatic nitrogens is 1. The molecule has 1 amide bonds. The Balaban J connectivity index is 1.17. The SMILES string of the molecule is Cc1ccccc1-c1nc(CN2CCC(C(=O)NCCCN3CCCC(C(C)C)C3)CC2)c(C)o1. The molecule has 1 aromatic heterocycles. The van der Waals surface area contributed by atoms with E-state index in [1.807, 2.05) is 19.1 Å². The number of rotatable bonds is 9. The number of nitrogens with zero attached hydrogens (tertiary/aromatic N) is 3. The molecule has 0 radical (unpaired) electrons. The number of likely N-dealkylation sites (tertiary alicyclic amines) is 2. The monoisotopic (exact) mass is 480 g/mol. The molecule has 6 nitrogen and oxygen atoms in total. The van der Waals surface area contributed by atoms with Gasteiger partial charge in [0, 0.05) is 31.1 Å². The summed E-state index contributed by atoms with van der Waals surface area (Å²) in [6, 6.07) is 8.20. The molecule has 6 heteroatoms. The summed E-state index contributed by atoms with van der Waals surface area (Å²) in [7, 11) is 0. The molecule has 2 saturated heterocycles. The van der Waals surface area contributed by atoms with Crippen LogP contribution in [0.15, 0.2) is 28.7 Å². The minimum atomic E-state index is 0.132. The Labute approximate surface area is 211 Å². The van der Waals surface area contributed by atoms with Gasteiger partial charge in [-0.05, 0) is 95.6 Å². The molecule has 0 spiro atoms. The van der Waals surface area contributed by atoms with Crippen molar-refractivity contribution in [3.05, 3.63) is 41.3 Å². The summed E-state index contributed by atoms with van der Waals surface area (Å²) in [5.74, 6) is 3.56. The van der Waals surface area contributed by atoms with Crippen molar-refractivity contribution < 1.29 is 9.21 Å². The average Bonchev–Trinajstić information content (AvgIpc) is 3.22. The fourth-order valence-electron chi connectivity index (χ4n) is 5.56. The highest BCUT2D eigenvalue weighted by molar-refractivity contribution is 5.78. The van der Waals surface area contributed by atoms with Crippen molar-refractivity contribution in [3.8, 4) is 11.5 Å². The lowest BCUT2D eigenvalue weighted by Gasteiger charge is -2.34. The predicted molar refractivity (Wildman–Crippen MR) is 141 cm³/mol. The normalized spacial score (nSPS) is 20.4. The quantitative estimate of drug-likeness (QED) is 0.509. The molecule has 0 aliphatic carbocycles. The molecule has 1 aromatic carbocycles. The van der Waals surface area contributed by atoms with Gasteiger partial charge in [0.1, 0.15) is 5.76 Å². The van der Waals surface area contributed by atoms with Gasteiger partial charge in [-0.3, -0.25) is 9.69 Å². The van der Waals surface area contributed by atoms with E-state index in [0.29, 0.717) is 5.89 Å². The highest BCUT2D eigenvalue weighted by Crippen LogP contribution is 2.27. The molecule has 0 saturated carbocycles. The number of carbonyl (C=O) groups excluding carboxylic acids is 1. The first-order chi connectivity index (χ1) is 16.9. The van der Waals surface area contributed by atoms with E-state index < -0.39 is 0 Å². The molecule has 1 N–H and O–H groups in total. The van der Waals surface area contributed by atoms with Crippen molar-refractivity contribution in [1.29, 1.82) is 0 Å². The standard InChI is InChI=1S/C29H44N4O2/c1-21(2)25-10-7-15-32(19-25)16-8-14-30-28(34)24-12-17-33(18-13-24)20-27-23(4)35-29(31-27)26-11-6-5-9-22(26)3/h5-6,9,11,21,24-25H,7-8,10,12-20H2,1-4H3,(H,30,34). The van der Waals surface area contributed by atoms with Gasteiger partial charge in [-0.15, -0.1) is 0 Å². The topological polar surface area (TPSA) is 61.6 Å². The van der Waals surface area contributed by atoms with Crippen molar-refractivity contribution in [2.24, 2.45) is 17.8 Å². The van der Waals surface area contributed by atoms with Gasteiger partial charge >= 0.3 is 0 Å². The van der Waals surface area contributed by atoms with Crippen molar-refractivity contribution in [1.82, 2.24) is 20.1 Å². The fraction of sp³-hybridized carbons (Fsp3) is 0.655. The fourth-order valence-corrected chi connectivity index (χ4v) is 5.56. The summed E-state index contributed by atoms with van der Waals surface area (Å²) in [6.45, 7) is 15.7. The number of carbonyl (C=O) groups is 1. The Morgan fingerprint density at radius 2 is 1.89 bits per heavy atom. The first kappa shape index (κ1) is 25.9. The van der Waals surface area contributed by atoms with E-state index in [0.717, 1.165) is 80.8 Å². The molecule has 2 aromatic rings. The molecular formula is C29H44N4O2. The highest BCUT2D eigenvalue weighted by atomic mass is 16.4. The molecule has 2 aliphatic heterocycles. The van der Waals surface area contributed by atoms with Crippen LogP contribution in [0, 0.1) is 31.6 Å². The van der Waals surface area contributed by atoms with E-state index in [-0.39, 0.29) is 11.8 Å². The van der Waals surface area contributed by atoms with E-state index in [1.165, 1.54) is 31.5 Å². The summed E-state index contributed by atoms with van der Waals surface area (Å²) >= 11 is 0. The maximum absolute atomic E-state index is 12.7. The minimum absolute atomic E-state index is 0.132. The number of aryl methyl sites for hydroxylation is 2.